The third kappa shape index (κ3) is 3.25. The van der Waals surface area contributed by atoms with Gasteiger partial charge in [0, 0.05) is 11.8 Å². The number of benzene rings is 1. The van der Waals surface area contributed by atoms with Gasteiger partial charge in [-0.25, -0.2) is 0 Å². The van der Waals surface area contributed by atoms with Gasteiger partial charge in [-0.1, -0.05) is 11.6 Å². The summed E-state index contributed by atoms with van der Waals surface area (Å²) in [6.07, 6.45) is -5.69. The van der Waals surface area contributed by atoms with E-state index in [0.717, 1.165) is 0 Å². The van der Waals surface area contributed by atoms with E-state index in [1.165, 1.54) is 18.2 Å². The molecular weight excluding hydrogens is 304 g/mol. The Bertz CT molecular complexity index is 542. The van der Waals surface area contributed by atoms with E-state index in [-0.39, 0.29) is 10.7 Å². The van der Waals surface area contributed by atoms with E-state index >= 15 is 0 Å². The molecule has 1 saturated heterocycles. The van der Waals surface area contributed by atoms with Gasteiger partial charge < -0.3 is 25.4 Å². The average molecular weight is 319 g/mol. The van der Waals surface area contributed by atoms with E-state index in [9.17, 15) is 25.4 Å². The van der Waals surface area contributed by atoms with Crippen LogP contribution in [0.3, 0.4) is 0 Å². The topological polar surface area (TPSA) is 125 Å². The fourth-order valence-corrected chi connectivity index (χ4v) is 2.26. The van der Waals surface area contributed by atoms with Crippen molar-refractivity contribution >= 4 is 23.0 Å². The Morgan fingerprint density at radius 1 is 1.29 bits per heavy atom. The zero-order valence-electron chi connectivity index (χ0n) is 11.0. The number of aliphatic hydroxyl groups is 3. The lowest BCUT2D eigenvalue weighted by atomic mass is 9.99. The van der Waals surface area contributed by atoms with Crippen LogP contribution in [0.5, 0.6) is 0 Å². The summed E-state index contributed by atoms with van der Waals surface area (Å²) in [6, 6.07) is 4.01. The third-order valence-electron chi connectivity index (χ3n) is 3.30. The third-order valence-corrected chi connectivity index (χ3v) is 3.62. The first-order valence-electron chi connectivity index (χ1n) is 6.21. The number of rotatable bonds is 3. The first-order valence-corrected chi connectivity index (χ1v) is 6.59. The number of hydrogen-bond donors (Lipinski definition) is 4. The minimum Gasteiger partial charge on any atom is -0.388 e. The van der Waals surface area contributed by atoms with Gasteiger partial charge in [0.1, 0.15) is 23.3 Å². The van der Waals surface area contributed by atoms with E-state index in [2.05, 4.69) is 5.32 Å². The molecule has 21 heavy (non-hydrogen) atoms. The minimum atomic E-state index is -1.38. The molecule has 0 amide bonds. The molecule has 1 aliphatic rings. The van der Waals surface area contributed by atoms with Crippen molar-refractivity contribution in [1.82, 2.24) is 0 Å². The van der Waals surface area contributed by atoms with Crippen LogP contribution in [0, 0.1) is 10.1 Å². The van der Waals surface area contributed by atoms with Crippen LogP contribution in [0.4, 0.5) is 11.4 Å². The van der Waals surface area contributed by atoms with Gasteiger partial charge in [-0.3, -0.25) is 10.1 Å². The molecule has 0 aliphatic carbocycles. The summed E-state index contributed by atoms with van der Waals surface area (Å²) in [5.74, 6) is 0. The van der Waals surface area contributed by atoms with Crippen molar-refractivity contribution in [3.8, 4) is 0 Å². The van der Waals surface area contributed by atoms with Crippen LogP contribution in [0.2, 0.25) is 5.02 Å². The van der Waals surface area contributed by atoms with Gasteiger partial charge in [0.05, 0.1) is 11.0 Å². The number of nitrogens with one attached hydrogen (secondary N) is 1. The van der Waals surface area contributed by atoms with Crippen LogP contribution in [0.15, 0.2) is 18.2 Å². The van der Waals surface area contributed by atoms with Crippen molar-refractivity contribution in [3.63, 3.8) is 0 Å². The molecule has 0 bridgehead atoms. The smallest absolute Gasteiger partial charge is 0.289 e. The van der Waals surface area contributed by atoms with Gasteiger partial charge in [-0.05, 0) is 19.1 Å². The molecule has 0 aromatic heterocycles. The van der Waals surface area contributed by atoms with Gasteiger partial charge in [-0.15, -0.1) is 0 Å². The summed E-state index contributed by atoms with van der Waals surface area (Å²) < 4.78 is 5.34. The highest BCUT2D eigenvalue weighted by atomic mass is 35.5. The largest absolute Gasteiger partial charge is 0.388 e. The lowest BCUT2D eigenvalue weighted by Crippen LogP contribution is -2.58. The van der Waals surface area contributed by atoms with Crippen molar-refractivity contribution in [1.29, 1.82) is 0 Å². The standard InChI is InChI=1S/C12H15ClN2O6/c1-5-9(16)10(17)11(18)12(21-5)14-6-2-3-7(13)8(4-6)15(19)20/h2-5,9-12,14,16-18H,1H3/t5-,9+,10+,11+,12-/m1/s1. The second-order valence-electron chi connectivity index (χ2n) is 4.80. The average Bonchev–Trinajstić information content (AvgIpc) is 2.44. The molecule has 1 fully saturated rings. The summed E-state index contributed by atoms with van der Waals surface area (Å²) >= 11 is 5.70. The summed E-state index contributed by atoms with van der Waals surface area (Å²) in [7, 11) is 0. The van der Waals surface area contributed by atoms with Crippen molar-refractivity contribution in [2.24, 2.45) is 0 Å². The molecule has 5 atom stereocenters. The highest BCUT2D eigenvalue weighted by molar-refractivity contribution is 6.32. The van der Waals surface area contributed by atoms with Gasteiger partial charge in [0.2, 0.25) is 0 Å². The molecule has 4 N–H and O–H groups in total. The molecule has 2 rings (SSSR count). The maximum absolute atomic E-state index is 10.8. The van der Waals surface area contributed by atoms with E-state index in [1.807, 2.05) is 0 Å². The Hall–Kier alpha value is -1.45. The predicted octanol–water partition coefficient (Wildman–Crippen LogP) is 0.488. The Morgan fingerprint density at radius 3 is 2.57 bits per heavy atom. The van der Waals surface area contributed by atoms with E-state index < -0.39 is 35.6 Å². The molecule has 0 unspecified atom stereocenters. The fourth-order valence-electron chi connectivity index (χ4n) is 2.08. The zero-order chi connectivity index (χ0) is 15.7. The molecular formula is C12H15ClN2O6. The van der Waals surface area contributed by atoms with E-state index in [1.54, 1.807) is 6.92 Å². The summed E-state index contributed by atoms with van der Waals surface area (Å²) in [4.78, 5) is 10.2. The van der Waals surface area contributed by atoms with Crippen LogP contribution in [0.25, 0.3) is 0 Å². The van der Waals surface area contributed by atoms with Crippen LogP contribution in [-0.4, -0.2) is 50.9 Å². The molecule has 0 radical (unpaired) electrons. The number of nitrogens with zero attached hydrogens (tertiary/aromatic N) is 1. The van der Waals surface area contributed by atoms with Crippen molar-refractivity contribution in [2.75, 3.05) is 5.32 Å². The fraction of sp³-hybridized carbons (Fsp3) is 0.500. The van der Waals surface area contributed by atoms with Gasteiger partial charge in [-0.2, -0.15) is 0 Å². The molecule has 0 saturated carbocycles. The molecule has 1 aromatic carbocycles. The number of nitro groups is 1. The molecule has 1 aliphatic heterocycles. The highest BCUT2D eigenvalue weighted by Crippen LogP contribution is 2.29. The second kappa shape index (κ2) is 6.12. The van der Waals surface area contributed by atoms with Gasteiger partial charge in [0.25, 0.3) is 5.69 Å². The quantitative estimate of drug-likeness (QED) is 0.472. The van der Waals surface area contributed by atoms with E-state index in [0.29, 0.717) is 5.69 Å². The first-order chi connectivity index (χ1) is 9.81. The molecule has 0 spiro atoms. The number of ether oxygens (including phenoxy) is 1. The molecule has 9 heteroatoms. The Kier molecular flexibility index (Phi) is 4.64. The molecule has 1 aromatic rings. The van der Waals surface area contributed by atoms with Crippen LogP contribution in [0.1, 0.15) is 6.92 Å². The van der Waals surface area contributed by atoms with Gasteiger partial charge in [0.15, 0.2) is 6.23 Å². The van der Waals surface area contributed by atoms with Crippen LogP contribution < -0.4 is 5.32 Å². The van der Waals surface area contributed by atoms with Crippen molar-refractivity contribution in [2.45, 2.75) is 37.6 Å². The van der Waals surface area contributed by atoms with Crippen LogP contribution in [-0.2, 0) is 4.74 Å². The molecule has 1 heterocycles. The SMILES string of the molecule is C[C@H]1O[C@@H](Nc2ccc(Cl)c([N+](=O)[O-])c2)[C@@H](O)[C@@H](O)[C@H]1O. The van der Waals surface area contributed by atoms with Crippen molar-refractivity contribution < 1.29 is 25.0 Å². The number of halogens is 1. The number of nitro benzene ring substituents is 1. The van der Waals surface area contributed by atoms with Gasteiger partial charge >= 0.3 is 0 Å². The lowest BCUT2D eigenvalue weighted by Gasteiger charge is -2.39. The minimum absolute atomic E-state index is 0.0144. The normalized spacial score (nSPS) is 32.7. The van der Waals surface area contributed by atoms with Crippen LogP contribution >= 0.6 is 11.6 Å². The monoisotopic (exact) mass is 318 g/mol. The summed E-state index contributed by atoms with van der Waals surface area (Å²) in [5.41, 5.74) is 0.00605. The number of hydrogen-bond acceptors (Lipinski definition) is 7. The predicted molar refractivity (Wildman–Crippen MR) is 74.1 cm³/mol. The maximum atomic E-state index is 10.8. The molecule has 8 nitrogen and oxygen atoms in total. The summed E-state index contributed by atoms with van der Waals surface area (Å²) in [6.45, 7) is 1.54. The zero-order valence-corrected chi connectivity index (χ0v) is 11.8. The Labute approximate surface area is 125 Å². The number of aliphatic hydroxyl groups excluding tert-OH is 3. The van der Waals surface area contributed by atoms with E-state index in [4.69, 9.17) is 16.3 Å². The second-order valence-corrected chi connectivity index (χ2v) is 5.21. The maximum Gasteiger partial charge on any atom is 0.289 e. The highest BCUT2D eigenvalue weighted by Gasteiger charge is 2.41. The lowest BCUT2D eigenvalue weighted by molar-refractivity contribution is -0.384. The number of anilines is 1. The summed E-state index contributed by atoms with van der Waals surface area (Å²) in [5, 5.41) is 42.7. The Morgan fingerprint density at radius 2 is 1.95 bits per heavy atom. The molecule has 116 valence electrons. The van der Waals surface area contributed by atoms with Crippen molar-refractivity contribution in [3.05, 3.63) is 33.3 Å². The Balaban J connectivity index is 2.18. The first kappa shape index (κ1) is 15.9.